The van der Waals surface area contributed by atoms with Gasteiger partial charge in [-0.15, -0.1) is 0 Å². The number of nitrogens with one attached hydrogen (secondary N) is 2. The molecule has 0 aliphatic carbocycles. The first-order chi connectivity index (χ1) is 8.56. The lowest BCUT2D eigenvalue weighted by Gasteiger charge is -2.21. The molecule has 2 N–H and O–H groups in total. The van der Waals surface area contributed by atoms with Gasteiger partial charge in [0.25, 0.3) is 0 Å². The second-order valence-electron chi connectivity index (χ2n) is 4.83. The SMILES string of the molecule is Cc1ccc(NC(=O)C2CCNC(=O)C2)cc1C. The Balaban J connectivity index is 2.02. The summed E-state index contributed by atoms with van der Waals surface area (Å²) in [6.45, 7) is 4.63. The van der Waals surface area contributed by atoms with Crippen molar-refractivity contribution in [2.45, 2.75) is 26.7 Å². The van der Waals surface area contributed by atoms with E-state index in [1.165, 1.54) is 5.56 Å². The molecule has 0 spiro atoms. The van der Waals surface area contributed by atoms with Crippen LogP contribution in [-0.4, -0.2) is 18.4 Å². The van der Waals surface area contributed by atoms with E-state index in [-0.39, 0.29) is 24.2 Å². The molecule has 2 rings (SSSR count). The Morgan fingerprint density at radius 3 is 2.78 bits per heavy atom. The number of benzene rings is 1. The van der Waals surface area contributed by atoms with Crippen molar-refractivity contribution in [1.82, 2.24) is 5.32 Å². The average Bonchev–Trinajstić information content (AvgIpc) is 2.34. The number of carbonyl (C=O) groups excluding carboxylic acids is 2. The summed E-state index contributed by atoms with van der Waals surface area (Å²) < 4.78 is 0. The van der Waals surface area contributed by atoms with Crippen molar-refractivity contribution >= 4 is 17.5 Å². The van der Waals surface area contributed by atoms with Gasteiger partial charge in [0.2, 0.25) is 11.8 Å². The van der Waals surface area contributed by atoms with Gasteiger partial charge in [-0.3, -0.25) is 9.59 Å². The molecule has 1 unspecified atom stereocenters. The minimum absolute atomic E-state index is 0.0403. The zero-order valence-electron chi connectivity index (χ0n) is 10.7. The number of rotatable bonds is 2. The van der Waals surface area contributed by atoms with E-state index in [0.717, 1.165) is 11.3 Å². The van der Waals surface area contributed by atoms with E-state index in [9.17, 15) is 9.59 Å². The van der Waals surface area contributed by atoms with Crippen molar-refractivity contribution in [2.24, 2.45) is 5.92 Å². The first-order valence-corrected chi connectivity index (χ1v) is 6.21. The third kappa shape index (κ3) is 2.88. The molecule has 2 amide bonds. The van der Waals surface area contributed by atoms with Gasteiger partial charge >= 0.3 is 0 Å². The van der Waals surface area contributed by atoms with Crippen LogP contribution in [0.5, 0.6) is 0 Å². The Morgan fingerprint density at radius 2 is 2.11 bits per heavy atom. The number of amides is 2. The standard InChI is InChI=1S/C14H18N2O2/c1-9-3-4-12(7-10(9)2)16-14(18)11-5-6-15-13(17)8-11/h3-4,7,11H,5-6,8H2,1-2H3,(H,15,17)(H,16,18). The highest BCUT2D eigenvalue weighted by atomic mass is 16.2. The minimum Gasteiger partial charge on any atom is -0.356 e. The highest BCUT2D eigenvalue weighted by Gasteiger charge is 2.25. The topological polar surface area (TPSA) is 58.2 Å². The maximum atomic E-state index is 12.0. The Hall–Kier alpha value is -1.84. The summed E-state index contributed by atoms with van der Waals surface area (Å²) in [6, 6.07) is 5.83. The van der Waals surface area contributed by atoms with E-state index < -0.39 is 0 Å². The Labute approximate surface area is 107 Å². The Kier molecular flexibility index (Phi) is 3.65. The number of piperidine rings is 1. The normalized spacial score (nSPS) is 19.2. The van der Waals surface area contributed by atoms with E-state index in [4.69, 9.17) is 0 Å². The van der Waals surface area contributed by atoms with Gasteiger partial charge in [-0.2, -0.15) is 0 Å². The third-order valence-corrected chi connectivity index (χ3v) is 3.39. The number of aryl methyl sites for hydroxylation is 2. The fourth-order valence-electron chi connectivity index (χ4n) is 2.07. The molecular weight excluding hydrogens is 228 g/mol. The molecule has 4 heteroatoms. The fraction of sp³-hybridized carbons (Fsp3) is 0.429. The molecule has 0 aromatic heterocycles. The molecule has 1 aromatic carbocycles. The first kappa shape index (κ1) is 12.6. The van der Waals surface area contributed by atoms with Gasteiger partial charge in [-0.05, 0) is 43.5 Å². The summed E-state index contributed by atoms with van der Waals surface area (Å²) in [7, 11) is 0. The van der Waals surface area contributed by atoms with Crippen molar-refractivity contribution in [3.05, 3.63) is 29.3 Å². The number of hydrogen-bond donors (Lipinski definition) is 2. The quantitative estimate of drug-likeness (QED) is 0.835. The minimum atomic E-state index is -0.208. The molecule has 1 fully saturated rings. The van der Waals surface area contributed by atoms with Gasteiger partial charge in [-0.1, -0.05) is 6.07 Å². The van der Waals surface area contributed by atoms with E-state index in [1.807, 2.05) is 32.0 Å². The van der Waals surface area contributed by atoms with Gasteiger partial charge in [0.1, 0.15) is 0 Å². The molecule has 1 aromatic rings. The van der Waals surface area contributed by atoms with E-state index in [1.54, 1.807) is 0 Å². The lowest BCUT2D eigenvalue weighted by atomic mass is 9.96. The molecule has 1 aliphatic rings. The molecule has 96 valence electrons. The lowest BCUT2D eigenvalue weighted by molar-refractivity contribution is -0.129. The van der Waals surface area contributed by atoms with Crippen LogP contribution in [0.1, 0.15) is 24.0 Å². The monoisotopic (exact) mass is 246 g/mol. The first-order valence-electron chi connectivity index (χ1n) is 6.21. The molecule has 1 atom stereocenters. The molecule has 1 heterocycles. The van der Waals surface area contributed by atoms with E-state index in [0.29, 0.717) is 13.0 Å². The van der Waals surface area contributed by atoms with E-state index >= 15 is 0 Å². The summed E-state index contributed by atoms with van der Waals surface area (Å²) >= 11 is 0. The molecular formula is C14H18N2O2. The van der Waals surface area contributed by atoms with Crippen LogP contribution in [0.15, 0.2) is 18.2 Å². The summed E-state index contributed by atoms with van der Waals surface area (Å²) in [5.74, 6) is -0.310. The van der Waals surface area contributed by atoms with Crippen LogP contribution in [-0.2, 0) is 9.59 Å². The van der Waals surface area contributed by atoms with Crippen LogP contribution in [0.4, 0.5) is 5.69 Å². The molecule has 1 saturated heterocycles. The van der Waals surface area contributed by atoms with Crippen LogP contribution >= 0.6 is 0 Å². The zero-order chi connectivity index (χ0) is 13.1. The summed E-state index contributed by atoms with van der Waals surface area (Å²) in [5, 5.41) is 5.61. The predicted octanol–water partition coefficient (Wildman–Crippen LogP) is 1.77. The largest absolute Gasteiger partial charge is 0.356 e. The second-order valence-corrected chi connectivity index (χ2v) is 4.83. The number of carbonyl (C=O) groups is 2. The highest BCUT2D eigenvalue weighted by molar-refractivity contribution is 5.95. The predicted molar refractivity (Wildman–Crippen MR) is 70.3 cm³/mol. The van der Waals surface area contributed by atoms with Gasteiger partial charge in [0.05, 0.1) is 0 Å². The molecule has 0 saturated carbocycles. The van der Waals surface area contributed by atoms with Crippen LogP contribution in [0.25, 0.3) is 0 Å². The molecule has 0 radical (unpaired) electrons. The van der Waals surface area contributed by atoms with Crippen LogP contribution < -0.4 is 10.6 Å². The Morgan fingerprint density at radius 1 is 1.33 bits per heavy atom. The smallest absolute Gasteiger partial charge is 0.228 e. The molecule has 1 aliphatic heterocycles. The van der Waals surface area contributed by atoms with Gasteiger partial charge in [0, 0.05) is 24.6 Å². The zero-order valence-corrected chi connectivity index (χ0v) is 10.7. The van der Waals surface area contributed by atoms with E-state index in [2.05, 4.69) is 10.6 Å². The van der Waals surface area contributed by atoms with Crippen molar-refractivity contribution in [3.63, 3.8) is 0 Å². The van der Waals surface area contributed by atoms with Crippen LogP contribution in [0.3, 0.4) is 0 Å². The maximum absolute atomic E-state index is 12.0. The van der Waals surface area contributed by atoms with Crippen molar-refractivity contribution < 1.29 is 9.59 Å². The fourth-order valence-corrected chi connectivity index (χ4v) is 2.07. The number of anilines is 1. The maximum Gasteiger partial charge on any atom is 0.228 e. The van der Waals surface area contributed by atoms with Gasteiger partial charge in [0.15, 0.2) is 0 Å². The van der Waals surface area contributed by atoms with Crippen LogP contribution in [0.2, 0.25) is 0 Å². The van der Waals surface area contributed by atoms with Crippen LogP contribution in [0, 0.1) is 19.8 Å². The second kappa shape index (κ2) is 5.21. The highest BCUT2D eigenvalue weighted by Crippen LogP contribution is 2.18. The lowest BCUT2D eigenvalue weighted by Crippen LogP contribution is -2.38. The average molecular weight is 246 g/mol. The summed E-state index contributed by atoms with van der Waals surface area (Å²) in [4.78, 5) is 23.3. The van der Waals surface area contributed by atoms with Gasteiger partial charge in [-0.25, -0.2) is 0 Å². The van der Waals surface area contributed by atoms with Crippen molar-refractivity contribution in [3.8, 4) is 0 Å². The Bertz CT molecular complexity index is 483. The summed E-state index contributed by atoms with van der Waals surface area (Å²) in [6.07, 6.45) is 0.999. The van der Waals surface area contributed by atoms with Crippen molar-refractivity contribution in [2.75, 3.05) is 11.9 Å². The molecule has 0 bridgehead atoms. The molecule has 18 heavy (non-hydrogen) atoms. The number of hydrogen-bond acceptors (Lipinski definition) is 2. The third-order valence-electron chi connectivity index (χ3n) is 3.39. The summed E-state index contributed by atoms with van der Waals surface area (Å²) in [5.41, 5.74) is 3.15. The molecule has 4 nitrogen and oxygen atoms in total. The van der Waals surface area contributed by atoms with Crippen molar-refractivity contribution in [1.29, 1.82) is 0 Å². The van der Waals surface area contributed by atoms with Gasteiger partial charge < -0.3 is 10.6 Å².